The SMILES string of the molecule is COc1ccc2c(c1)C1Oc3c(C)cccc3NC1C2. The van der Waals surface area contributed by atoms with Crippen molar-refractivity contribution >= 4 is 5.69 Å². The Bertz CT molecular complexity index is 681. The van der Waals surface area contributed by atoms with E-state index in [0.29, 0.717) is 6.04 Å². The molecule has 2 aromatic carbocycles. The van der Waals surface area contributed by atoms with Crippen molar-refractivity contribution in [3.05, 3.63) is 53.1 Å². The van der Waals surface area contributed by atoms with Crippen LogP contribution < -0.4 is 14.8 Å². The maximum atomic E-state index is 6.29. The van der Waals surface area contributed by atoms with Crippen LogP contribution in [0.1, 0.15) is 22.8 Å². The van der Waals surface area contributed by atoms with Gasteiger partial charge in [-0.15, -0.1) is 0 Å². The number of fused-ring (bicyclic) bond motifs is 4. The van der Waals surface area contributed by atoms with Gasteiger partial charge in [0, 0.05) is 5.56 Å². The number of anilines is 1. The Kier molecular flexibility index (Phi) is 2.43. The van der Waals surface area contributed by atoms with Crippen LogP contribution in [0.3, 0.4) is 0 Å². The van der Waals surface area contributed by atoms with Crippen molar-refractivity contribution in [2.45, 2.75) is 25.5 Å². The third-order valence-electron chi connectivity index (χ3n) is 4.26. The fourth-order valence-electron chi connectivity index (χ4n) is 3.23. The number of nitrogens with one attached hydrogen (secondary N) is 1. The van der Waals surface area contributed by atoms with Gasteiger partial charge in [-0.3, -0.25) is 0 Å². The lowest BCUT2D eigenvalue weighted by Crippen LogP contribution is -2.32. The van der Waals surface area contributed by atoms with Crippen LogP contribution in [0.5, 0.6) is 11.5 Å². The monoisotopic (exact) mass is 267 g/mol. The lowest BCUT2D eigenvalue weighted by molar-refractivity contribution is 0.182. The summed E-state index contributed by atoms with van der Waals surface area (Å²) >= 11 is 0. The zero-order valence-electron chi connectivity index (χ0n) is 11.6. The first-order valence-corrected chi connectivity index (χ1v) is 6.96. The standard InChI is InChI=1S/C17H17NO2/c1-10-4-3-5-14-16(10)20-17-13-9-12(19-2)7-6-11(13)8-15(17)18-14/h3-7,9,15,17-18H,8H2,1-2H3. The molecule has 1 heterocycles. The second kappa shape index (κ2) is 4.17. The van der Waals surface area contributed by atoms with E-state index in [1.54, 1.807) is 7.11 Å². The minimum absolute atomic E-state index is 0.0775. The summed E-state index contributed by atoms with van der Waals surface area (Å²) in [5, 5.41) is 3.62. The summed E-state index contributed by atoms with van der Waals surface area (Å²) in [5.74, 6) is 1.87. The highest BCUT2D eigenvalue weighted by Crippen LogP contribution is 2.45. The molecule has 0 saturated heterocycles. The average Bonchev–Trinajstić information content (AvgIpc) is 2.82. The highest BCUT2D eigenvalue weighted by Gasteiger charge is 2.38. The summed E-state index contributed by atoms with van der Waals surface area (Å²) < 4.78 is 11.6. The highest BCUT2D eigenvalue weighted by molar-refractivity contribution is 5.64. The third kappa shape index (κ3) is 1.59. The van der Waals surface area contributed by atoms with E-state index in [0.717, 1.165) is 23.6 Å². The molecule has 1 aliphatic heterocycles. The molecule has 0 bridgehead atoms. The minimum atomic E-state index is 0.0775. The molecule has 0 radical (unpaired) electrons. The molecule has 2 unspecified atom stereocenters. The number of methoxy groups -OCH3 is 1. The molecule has 0 spiro atoms. The number of rotatable bonds is 1. The van der Waals surface area contributed by atoms with Crippen LogP contribution in [0.25, 0.3) is 0 Å². The largest absolute Gasteiger partial charge is 0.497 e. The second-order valence-electron chi connectivity index (χ2n) is 5.51. The van der Waals surface area contributed by atoms with Gasteiger partial charge in [0.15, 0.2) is 0 Å². The number of hydrogen-bond donors (Lipinski definition) is 1. The summed E-state index contributed by atoms with van der Waals surface area (Å²) in [5.41, 5.74) is 4.87. The predicted octanol–water partition coefficient (Wildman–Crippen LogP) is 3.47. The fraction of sp³-hybridized carbons (Fsp3) is 0.294. The molecule has 102 valence electrons. The number of para-hydroxylation sites is 1. The van der Waals surface area contributed by atoms with Crippen LogP contribution in [0.4, 0.5) is 5.69 Å². The Morgan fingerprint density at radius 1 is 1.25 bits per heavy atom. The molecule has 2 aliphatic rings. The van der Waals surface area contributed by atoms with Crippen molar-refractivity contribution in [2.75, 3.05) is 12.4 Å². The summed E-state index contributed by atoms with van der Waals surface area (Å²) in [6, 6.07) is 12.8. The molecule has 4 rings (SSSR count). The fourth-order valence-corrected chi connectivity index (χ4v) is 3.23. The van der Waals surface area contributed by atoms with Crippen LogP contribution in [0, 0.1) is 6.92 Å². The normalized spacial score (nSPS) is 22.1. The number of hydrogen-bond acceptors (Lipinski definition) is 3. The lowest BCUT2D eigenvalue weighted by Gasteiger charge is -2.32. The van der Waals surface area contributed by atoms with Gasteiger partial charge in [-0.2, -0.15) is 0 Å². The van der Waals surface area contributed by atoms with Gasteiger partial charge in [0.2, 0.25) is 0 Å². The van der Waals surface area contributed by atoms with E-state index >= 15 is 0 Å². The molecule has 1 N–H and O–H groups in total. The third-order valence-corrected chi connectivity index (χ3v) is 4.26. The van der Waals surface area contributed by atoms with Crippen LogP contribution in [-0.2, 0) is 6.42 Å². The van der Waals surface area contributed by atoms with Gasteiger partial charge in [-0.25, -0.2) is 0 Å². The van der Waals surface area contributed by atoms with Gasteiger partial charge >= 0.3 is 0 Å². The van der Waals surface area contributed by atoms with Crippen LogP contribution in [-0.4, -0.2) is 13.2 Å². The van der Waals surface area contributed by atoms with Crippen molar-refractivity contribution in [1.29, 1.82) is 0 Å². The smallest absolute Gasteiger partial charge is 0.146 e. The molecule has 0 amide bonds. The Hall–Kier alpha value is -2.16. The first-order chi connectivity index (χ1) is 9.76. The number of aryl methyl sites for hydroxylation is 1. The van der Waals surface area contributed by atoms with E-state index in [2.05, 4.69) is 42.6 Å². The van der Waals surface area contributed by atoms with E-state index < -0.39 is 0 Å². The van der Waals surface area contributed by atoms with Crippen molar-refractivity contribution in [2.24, 2.45) is 0 Å². The number of ether oxygens (including phenoxy) is 2. The second-order valence-corrected chi connectivity index (χ2v) is 5.51. The molecular formula is C17H17NO2. The summed E-state index contributed by atoms with van der Waals surface area (Å²) in [7, 11) is 1.70. The zero-order valence-corrected chi connectivity index (χ0v) is 11.6. The number of benzene rings is 2. The van der Waals surface area contributed by atoms with Crippen LogP contribution in [0.2, 0.25) is 0 Å². The van der Waals surface area contributed by atoms with E-state index in [1.807, 2.05) is 6.07 Å². The van der Waals surface area contributed by atoms with Crippen molar-refractivity contribution in [3.8, 4) is 11.5 Å². The van der Waals surface area contributed by atoms with E-state index in [9.17, 15) is 0 Å². The molecule has 2 atom stereocenters. The van der Waals surface area contributed by atoms with Crippen molar-refractivity contribution < 1.29 is 9.47 Å². The summed E-state index contributed by atoms with van der Waals surface area (Å²) in [6.45, 7) is 2.09. The highest BCUT2D eigenvalue weighted by atomic mass is 16.5. The average molecular weight is 267 g/mol. The summed E-state index contributed by atoms with van der Waals surface area (Å²) in [6.07, 6.45) is 1.07. The Morgan fingerprint density at radius 3 is 3.00 bits per heavy atom. The quantitative estimate of drug-likeness (QED) is 0.858. The van der Waals surface area contributed by atoms with Gasteiger partial charge < -0.3 is 14.8 Å². The molecular weight excluding hydrogens is 250 g/mol. The minimum Gasteiger partial charge on any atom is -0.497 e. The Labute approximate surface area is 118 Å². The zero-order chi connectivity index (χ0) is 13.7. The molecule has 0 aromatic heterocycles. The Balaban J connectivity index is 1.77. The lowest BCUT2D eigenvalue weighted by atomic mass is 10.1. The first kappa shape index (κ1) is 11.6. The van der Waals surface area contributed by atoms with E-state index in [4.69, 9.17) is 9.47 Å². The first-order valence-electron chi connectivity index (χ1n) is 6.96. The van der Waals surface area contributed by atoms with Gasteiger partial charge in [0.25, 0.3) is 0 Å². The van der Waals surface area contributed by atoms with Gasteiger partial charge in [-0.1, -0.05) is 18.2 Å². The molecule has 0 fully saturated rings. The molecule has 3 heteroatoms. The van der Waals surface area contributed by atoms with Gasteiger partial charge in [0.1, 0.15) is 17.6 Å². The molecule has 3 nitrogen and oxygen atoms in total. The maximum absolute atomic E-state index is 6.29. The van der Waals surface area contributed by atoms with E-state index in [-0.39, 0.29) is 6.10 Å². The molecule has 2 aromatic rings. The van der Waals surface area contributed by atoms with Gasteiger partial charge in [-0.05, 0) is 42.7 Å². The molecule has 1 aliphatic carbocycles. The maximum Gasteiger partial charge on any atom is 0.146 e. The van der Waals surface area contributed by atoms with Crippen LogP contribution in [0.15, 0.2) is 36.4 Å². The van der Waals surface area contributed by atoms with Gasteiger partial charge in [0.05, 0.1) is 18.8 Å². The summed E-state index contributed by atoms with van der Waals surface area (Å²) in [4.78, 5) is 0. The van der Waals surface area contributed by atoms with Crippen LogP contribution >= 0.6 is 0 Å². The van der Waals surface area contributed by atoms with Crippen molar-refractivity contribution in [3.63, 3.8) is 0 Å². The van der Waals surface area contributed by atoms with E-state index in [1.165, 1.54) is 16.7 Å². The Morgan fingerprint density at radius 2 is 2.15 bits per heavy atom. The van der Waals surface area contributed by atoms with Crippen molar-refractivity contribution in [1.82, 2.24) is 0 Å². The predicted molar refractivity (Wildman–Crippen MR) is 78.7 cm³/mol. The topological polar surface area (TPSA) is 30.5 Å². The molecule has 0 saturated carbocycles. The molecule has 20 heavy (non-hydrogen) atoms.